The maximum Gasteiger partial charge on any atom is 0.220 e. The second-order valence-corrected chi connectivity index (χ2v) is 9.14. The zero-order valence-electron chi connectivity index (χ0n) is 15.9. The molecule has 0 N–H and O–H groups in total. The molecule has 0 radical (unpaired) electrons. The van der Waals surface area contributed by atoms with Crippen molar-refractivity contribution in [2.75, 3.05) is 0 Å². The molecule has 1 nitrogen and oxygen atoms in total. The first-order valence-corrected chi connectivity index (χ1v) is 10.9. The number of hydrogen-bond acceptors (Lipinski definition) is 1. The molecule has 0 saturated carbocycles. The van der Waals surface area contributed by atoms with E-state index in [2.05, 4.69) is 62.4 Å². The van der Waals surface area contributed by atoms with Crippen LogP contribution < -0.4 is 0 Å². The molecule has 2 aromatic rings. The number of ether oxygens (including phenoxy) is 1. The molecule has 0 aromatic heterocycles. The Labute approximate surface area is 183 Å². The van der Waals surface area contributed by atoms with Crippen LogP contribution in [0.1, 0.15) is 52.4 Å². The van der Waals surface area contributed by atoms with Gasteiger partial charge in [0.05, 0.1) is 0 Å². The van der Waals surface area contributed by atoms with E-state index in [0.717, 1.165) is 25.7 Å². The molecule has 0 aliphatic rings. The van der Waals surface area contributed by atoms with Crippen LogP contribution in [0, 0.1) is 0 Å². The second kappa shape index (κ2) is 12.9. The Kier molecular flexibility index (Phi) is 11.8. The molecule has 0 fully saturated rings. The molecule has 2 rings (SSSR count). The zero-order chi connectivity index (χ0) is 20.2. The standard InChI is InChI=1S/C12H10.C10H18Cl4O/c1-3-7-11(8-4-1)12-9-5-2-6-10-12;1-3-5-7-9(11,12)15-10(13,14)8-6-4-2/h1-10H;3-8H2,1-2H3. The Morgan fingerprint density at radius 1 is 0.630 bits per heavy atom. The molecule has 27 heavy (non-hydrogen) atoms. The summed E-state index contributed by atoms with van der Waals surface area (Å²) >= 11 is 23.8. The van der Waals surface area contributed by atoms with E-state index in [1.807, 2.05) is 12.1 Å². The van der Waals surface area contributed by atoms with Crippen molar-refractivity contribution in [1.82, 2.24) is 0 Å². The molecule has 5 heteroatoms. The Morgan fingerprint density at radius 3 is 1.26 bits per heavy atom. The number of unbranched alkanes of at least 4 members (excludes halogenated alkanes) is 2. The van der Waals surface area contributed by atoms with Gasteiger partial charge in [0.2, 0.25) is 9.04 Å². The Morgan fingerprint density at radius 2 is 0.963 bits per heavy atom. The highest BCUT2D eigenvalue weighted by atomic mass is 35.5. The SMILES string of the molecule is CCCCC(Cl)(Cl)OC(Cl)(Cl)CCCC.c1ccc(-c2ccccc2)cc1. The van der Waals surface area contributed by atoms with E-state index < -0.39 is 9.04 Å². The fraction of sp³-hybridized carbons (Fsp3) is 0.455. The van der Waals surface area contributed by atoms with Crippen molar-refractivity contribution < 1.29 is 4.74 Å². The van der Waals surface area contributed by atoms with Crippen molar-refractivity contribution in [2.24, 2.45) is 0 Å². The Hall–Kier alpha value is -0.440. The number of halogens is 4. The van der Waals surface area contributed by atoms with Gasteiger partial charge < -0.3 is 4.74 Å². The molecule has 0 spiro atoms. The summed E-state index contributed by atoms with van der Waals surface area (Å²) in [6.45, 7) is 4.10. The highest BCUT2D eigenvalue weighted by Crippen LogP contribution is 2.40. The first-order chi connectivity index (χ1) is 12.8. The maximum atomic E-state index is 5.95. The third-order valence-corrected chi connectivity index (χ3v) is 4.89. The van der Waals surface area contributed by atoms with Crippen LogP contribution >= 0.6 is 46.4 Å². The van der Waals surface area contributed by atoms with Crippen LogP contribution in [0.3, 0.4) is 0 Å². The molecule has 0 amide bonds. The second-order valence-electron chi connectivity index (χ2n) is 6.32. The van der Waals surface area contributed by atoms with Crippen LogP contribution in [0.5, 0.6) is 0 Å². The number of rotatable bonds is 9. The van der Waals surface area contributed by atoms with Crippen LogP contribution in [-0.2, 0) is 4.74 Å². The summed E-state index contributed by atoms with van der Waals surface area (Å²) in [4.78, 5) is 0. The third-order valence-electron chi connectivity index (χ3n) is 3.82. The quantitative estimate of drug-likeness (QED) is 0.347. The average molecular weight is 450 g/mol. The van der Waals surface area contributed by atoms with Gasteiger partial charge in [-0.3, -0.25) is 0 Å². The minimum atomic E-state index is -1.28. The molecule has 0 heterocycles. The molecule has 2 aromatic carbocycles. The number of benzene rings is 2. The summed E-state index contributed by atoms with van der Waals surface area (Å²) < 4.78 is 2.72. The first kappa shape index (κ1) is 24.6. The topological polar surface area (TPSA) is 9.23 Å². The molecule has 0 unspecified atom stereocenters. The predicted molar refractivity (Wildman–Crippen MR) is 121 cm³/mol. The summed E-state index contributed by atoms with van der Waals surface area (Å²) in [7, 11) is 0. The fourth-order valence-corrected chi connectivity index (χ4v) is 3.57. The third kappa shape index (κ3) is 11.2. The molecule has 0 aliphatic heterocycles. The van der Waals surface area contributed by atoms with E-state index >= 15 is 0 Å². The van der Waals surface area contributed by atoms with E-state index in [0.29, 0.717) is 12.8 Å². The van der Waals surface area contributed by atoms with Crippen LogP contribution in [0.25, 0.3) is 11.1 Å². The van der Waals surface area contributed by atoms with Crippen LogP contribution in [-0.4, -0.2) is 9.04 Å². The Balaban J connectivity index is 0.000000274. The molecule has 0 bridgehead atoms. The van der Waals surface area contributed by atoms with Gasteiger partial charge in [0.25, 0.3) is 0 Å². The van der Waals surface area contributed by atoms with E-state index in [4.69, 9.17) is 51.1 Å². The minimum Gasteiger partial charge on any atom is -0.310 e. The highest BCUT2D eigenvalue weighted by Gasteiger charge is 2.36. The van der Waals surface area contributed by atoms with Crippen LogP contribution in [0.2, 0.25) is 0 Å². The monoisotopic (exact) mass is 448 g/mol. The van der Waals surface area contributed by atoms with Crippen molar-refractivity contribution in [1.29, 1.82) is 0 Å². The fourth-order valence-electron chi connectivity index (χ4n) is 2.35. The van der Waals surface area contributed by atoms with E-state index in [-0.39, 0.29) is 0 Å². The largest absolute Gasteiger partial charge is 0.310 e. The van der Waals surface area contributed by atoms with Gasteiger partial charge >= 0.3 is 0 Å². The van der Waals surface area contributed by atoms with Crippen molar-refractivity contribution >= 4 is 46.4 Å². The lowest BCUT2D eigenvalue weighted by Gasteiger charge is -2.28. The van der Waals surface area contributed by atoms with E-state index in [9.17, 15) is 0 Å². The molecular formula is C22H28Cl4O. The van der Waals surface area contributed by atoms with Gasteiger partial charge in [0.15, 0.2) is 0 Å². The predicted octanol–water partition coefficient (Wildman–Crippen LogP) is 9.00. The normalized spacial score (nSPS) is 11.6. The molecule has 150 valence electrons. The van der Waals surface area contributed by atoms with E-state index in [1.54, 1.807) is 0 Å². The summed E-state index contributed by atoms with van der Waals surface area (Å²) in [6, 6.07) is 20.8. The number of hydrogen-bond donors (Lipinski definition) is 0. The average Bonchev–Trinajstić information content (AvgIpc) is 2.66. The summed E-state index contributed by atoms with van der Waals surface area (Å²) in [6.07, 6.45) is 4.81. The van der Waals surface area contributed by atoms with Crippen LogP contribution in [0.4, 0.5) is 0 Å². The first-order valence-electron chi connectivity index (χ1n) is 9.36. The minimum absolute atomic E-state index is 0.528. The molecular weight excluding hydrogens is 422 g/mol. The highest BCUT2D eigenvalue weighted by molar-refractivity contribution is 6.50. The smallest absolute Gasteiger partial charge is 0.220 e. The van der Waals surface area contributed by atoms with Gasteiger partial charge in [-0.15, -0.1) is 0 Å². The molecule has 0 aliphatic carbocycles. The van der Waals surface area contributed by atoms with Gasteiger partial charge in [0.1, 0.15) is 0 Å². The maximum absolute atomic E-state index is 5.95. The lowest BCUT2D eigenvalue weighted by Crippen LogP contribution is -2.29. The van der Waals surface area contributed by atoms with Gasteiger partial charge in [-0.1, -0.05) is 134 Å². The van der Waals surface area contributed by atoms with Crippen molar-refractivity contribution in [3.05, 3.63) is 60.7 Å². The van der Waals surface area contributed by atoms with Gasteiger partial charge in [0, 0.05) is 12.8 Å². The van der Waals surface area contributed by atoms with Crippen molar-refractivity contribution in [3.63, 3.8) is 0 Å². The van der Waals surface area contributed by atoms with Gasteiger partial charge in [-0.25, -0.2) is 0 Å². The van der Waals surface area contributed by atoms with E-state index in [1.165, 1.54) is 11.1 Å². The summed E-state index contributed by atoms with van der Waals surface area (Å²) in [5.41, 5.74) is 2.55. The van der Waals surface area contributed by atoms with Crippen LogP contribution in [0.15, 0.2) is 60.7 Å². The lowest BCUT2D eigenvalue weighted by molar-refractivity contribution is 0.0166. The van der Waals surface area contributed by atoms with Gasteiger partial charge in [-0.05, 0) is 24.0 Å². The van der Waals surface area contributed by atoms with Crippen molar-refractivity contribution in [3.8, 4) is 11.1 Å². The van der Waals surface area contributed by atoms with Gasteiger partial charge in [-0.2, -0.15) is 0 Å². The zero-order valence-corrected chi connectivity index (χ0v) is 19.0. The molecule has 0 saturated heterocycles. The number of alkyl halides is 4. The Bertz CT molecular complexity index is 559. The lowest BCUT2D eigenvalue weighted by atomic mass is 10.1. The summed E-state index contributed by atoms with van der Waals surface area (Å²) in [5.74, 6) is 0. The van der Waals surface area contributed by atoms with Crippen molar-refractivity contribution in [2.45, 2.75) is 61.4 Å². The summed E-state index contributed by atoms with van der Waals surface area (Å²) in [5, 5.41) is 0. The molecule has 0 atom stereocenters.